The molecule has 0 aromatic rings. The van der Waals surface area contributed by atoms with Gasteiger partial charge in [0.25, 0.3) is 10.1 Å². The molecule has 0 saturated heterocycles. The van der Waals surface area contributed by atoms with Crippen LogP contribution in [-0.2, 0) is 14.5 Å². The fourth-order valence-corrected chi connectivity index (χ4v) is 3.78. The lowest BCUT2D eigenvalue weighted by atomic mass is 10.2. The maximum atomic E-state index is 11.2. The van der Waals surface area contributed by atoms with E-state index in [1.807, 2.05) is 0 Å². The Kier molecular flexibility index (Phi) is 4.60. The van der Waals surface area contributed by atoms with Crippen LogP contribution in [0.15, 0.2) is 0 Å². The molecule has 7 heteroatoms. The molecule has 1 rings (SSSR count). The van der Waals surface area contributed by atoms with Gasteiger partial charge in [-0.25, -0.2) is 0 Å². The Bertz CT molecular complexity index is 420. The van der Waals surface area contributed by atoms with Gasteiger partial charge in [0.15, 0.2) is 8.32 Å². The van der Waals surface area contributed by atoms with Crippen molar-refractivity contribution in [2.45, 2.75) is 69.0 Å². The number of aliphatic hydroxyl groups is 1. The van der Waals surface area contributed by atoms with E-state index in [1.54, 1.807) is 0 Å². The lowest BCUT2D eigenvalue weighted by molar-refractivity contribution is 0.0897. The third-order valence-corrected chi connectivity index (χ3v) is 10.6. The van der Waals surface area contributed by atoms with E-state index in [2.05, 4.69) is 33.9 Å². The van der Waals surface area contributed by atoms with Crippen molar-refractivity contribution >= 4 is 18.4 Å². The van der Waals surface area contributed by atoms with E-state index in [9.17, 15) is 13.5 Å². The third-order valence-electron chi connectivity index (χ3n) is 4.41. The summed E-state index contributed by atoms with van der Waals surface area (Å²) in [6, 6.07) is 0. The van der Waals surface area contributed by atoms with Crippen molar-refractivity contribution in [2.24, 2.45) is 0 Å². The second kappa shape index (κ2) is 5.11. The smallest absolute Gasteiger partial charge is 0.270 e. The predicted molar refractivity (Wildman–Crippen MR) is 77.3 cm³/mol. The molecule has 0 spiro atoms. The third kappa shape index (κ3) is 4.01. The fraction of sp³-hybridized carbons (Fsp3) is 1.00. The summed E-state index contributed by atoms with van der Waals surface area (Å²) in [6.07, 6.45) is 0.0467. The van der Waals surface area contributed by atoms with Crippen LogP contribution >= 0.6 is 0 Å². The van der Waals surface area contributed by atoms with Gasteiger partial charge in [-0.05, 0) is 37.4 Å². The Labute approximate surface area is 117 Å². The maximum Gasteiger partial charge on any atom is 0.270 e. The highest BCUT2D eigenvalue weighted by atomic mass is 32.2. The van der Waals surface area contributed by atoms with Gasteiger partial charge in [0.2, 0.25) is 0 Å². The molecule has 1 saturated carbocycles. The molecule has 0 bridgehead atoms. The van der Waals surface area contributed by atoms with Crippen molar-refractivity contribution in [2.75, 3.05) is 6.61 Å². The summed E-state index contributed by atoms with van der Waals surface area (Å²) >= 11 is 0. The molecule has 5 nitrogen and oxygen atoms in total. The lowest BCUT2D eigenvalue weighted by Gasteiger charge is -2.37. The molecule has 2 N–H and O–H groups in total. The van der Waals surface area contributed by atoms with Gasteiger partial charge in [0.1, 0.15) is 4.75 Å². The summed E-state index contributed by atoms with van der Waals surface area (Å²) < 4.78 is 36.3. The second-order valence-corrected chi connectivity index (χ2v) is 13.7. The predicted octanol–water partition coefficient (Wildman–Crippen LogP) is 2.18. The normalized spacial score (nSPS) is 21.2. The Morgan fingerprint density at radius 1 is 1.32 bits per heavy atom. The van der Waals surface area contributed by atoms with Gasteiger partial charge in [0, 0.05) is 0 Å². The molecule has 19 heavy (non-hydrogen) atoms. The zero-order chi connectivity index (χ0) is 15.1. The summed E-state index contributed by atoms with van der Waals surface area (Å²) in [4.78, 5) is 0. The van der Waals surface area contributed by atoms with Crippen LogP contribution in [0.2, 0.25) is 18.1 Å². The van der Waals surface area contributed by atoms with Crippen LogP contribution in [0.4, 0.5) is 0 Å². The van der Waals surface area contributed by atoms with Crippen molar-refractivity contribution in [3.05, 3.63) is 0 Å². The van der Waals surface area contributed by atoms with Crippen molar-refractivity contribution in [1.29, 1.82) is 0 Å². The average Bonchev–Trinajstić information content (AvgIpc) is 2.93. The molecule has 0 unspecified atom stereocenters. The van der Waals surface area contributed by atoms with E-state index in [0.717, 1.165) is 0 Å². The monoisotopic (exact) mass is 310 g/mol. The summed E-state index contributed by atoms with van der Waals surface area (Å²) in [5, 5.41) is 9.99. The summed E-state index contributed by atoms with van der Waals surface area (Å²) in [7, 11) is -6.01. The molecular weight excluding hydrogens is 284 g/mol. The highest BCUT2D eigenvalue weighted by molar-refractivity contribution is 7.87. The van der Waals surface area contributed by atoms with E-state index in [0.29, 0.717) is 12.8 Å². The maximum absolute atomic E-state index is 11.2. The largest absolute Gasteiger partial charge is 0.414 e. The van der Waals surface area contributed by atoms with E-state index in [4.69, 9.17) is 8.98 Å². The second-order valence-electron chi connectivity index (χ2n) is 7.09. The van der Waals surface area contributed by atoms with Crippen LogP contribution in [-0.4, -0.2) is 43.9 Å². The quantitative estimate of drug-likeness (QED) is 0.580. The van der Waals surface area contributed by atoms with Crippen LogP contribution < -0.4 is 0 Å². The zero-order valence-corrected chi connectivity index (χ0v) is 14.2. The molecule has 1 aliphatic rings. The zero-order valence-electron chi connectivity index (χ0n) is 12.4. The average molecular weight is 310 g/mol. The van der Waals surface area contributed by atoms with Gasteiger partial charge in [-0.1, -0.05) is 20.8 Å². The standard InChI is InChI=1S/C12H26O5SSi/c1-11(2,3)19(4,5)17-9-10(13)8-12(6-7-12)18(14,15)16/h10,13H,6-9H2,1-5H3,(H,14,15,16)/t10-/m1/s1. The van der Waals surface area contributed by atoms with E-state index >= 15 is 0 Å². The van der Waals surface area contributed by atoms with Gasteiger partial charge < -0.3 is 9.53 Å². The topological polar surface area (TPSA) is 83.8 Å². The molecule has 0 heterocycles. The molecule has 114 valence electrons. The van der Waals surface area contributed by atoms with Crippen molar-refractivity contribution in [3.8, 4) is 0 Å². The molecule has 0 aromatic heterocycles. The minimum absolute atomic E-state index is 0.0487. The molecule has 0 radical (unpaired) electrons. The molecule has 0 amide bonds. The van der Waals surface area contributed by atoms with Crippen molar-refractivity contribution in [1.82, 2.24) is 0 Å². The molecule has 0 aromatic carbocycles. The molecule has 1 atom stereocenters. The number of hydrogen-bond acceptors (Lipinski definition) is 4. The van der Waals surface area contributed by atoms with Gasteiger partial charge in [-0.2, -0.15) is 8.42 Å². The first kappa shape index (κ1) is 17.1. The number of aliphatic hydroxyl groups excluding tert-OH is 1. The molecule has 1 aliphatic carbocycles. The fourth-order valence-electron chi connectivity index (χ4n) is 1.72. The SMILES string of the molecule is CC(C)(C)[Si](C)(C)OC[C@H](O)CC1(S(=O)(=O)O)CC1. The first-order chi connectivity index (χ1) is 8.31. The van der Waals surface area contributed by atoms with Crippen LogP contribution in [0.1, 0.15) is 40.0 Å². The Hall–Kier alpha value is 0.0469. The summed E-state index contributed by atoms with van der Waals surface area (Å²) in [5.74, 6) is 0. The summed E-state index contributed by atoms with van der Waals surface area (Å²) in [6.45, 7) is 10.6. The van der Waals surface area contributed by atoms with E-state index in [1.165, 1.54) is 0 Å². The van der Waals surface area contributed by atoms with Gasteiger partial charge >= 0.3 is 0 Å². The molecular formula is C12H26O5SSi. The Balaban J connectivity index is 2.52. The highest BCUT2D eigenvalue weighted by Crippen LogP contribution is 2.47. The van der Waals surface area contributed by atoms with E-state index < -0.39 is 29.3 Å². The van der Waals surface area contributed by atoms with Crippen molar-refractivity contribution < 1.29 is 22.5 Å². The lowest BCUT2D eigenvalue weighted by Crippen LogP contribution is -2.43. The molecule has 1 fully saturated rings. The van der Waals surface area contributed by atoms with Crippen molar-refractivity contribution in [3.63, 3.8) is 0 Å². The minimum atomic E-state index is -4.07. The van der Waals surface area contributed by atoms with Crippen LogP contribution in [0, 0.1) is 0 Å². The van der Waals surface area contributed by atoms with Gasteiger partial charge in [-0.15, -0.1) is 0 Å². The van der Waals surface area contributed by atoms with E-state index in [-0.39, 0.29) is 18.1 Å². The minimum Gasteiger partial charge on any atom is -0.414 e. The van der Waals surface area contributed by atoms with Crippen LogP contribution in [0.3, 0.4) is 0 Å². The number of rotatable bonds is 6. The molecule has 0 aliphatic heterocycles. The van der Waals surface area contributed by atoms with Gasteiger partial charge in [0.05, 0.1) is 12.7 Å². The van der Waals surface area contributed by atoms with Gasteiger partial charge in [-0.3, -0.25) is 4.55 Å². The Morgan fingerprint density at radius 2 is 1.79 bits per heavy atom. The Morgan fingerprint density at radius 3 is 2.11 bits per heavy atom. The highest BCUT2D eigenvalue weighted by Gasteiger charge is 2.55. The first-order valence-corrected chi connectivity index (χ1v) is 10.9. The van der Waals surface area contributed by atoms with Crippen LogP contribution in [0.25, 0.3) is 0 Å². The van der Waals surface area contributed by atoms with Crippen LogP contribution in [0.5, 0.6) is 0 Å². The first-order valence-electron chi connectivity index (χ1n) is 6.60. The summed E-state index contributed by atoms with van der Waals surface area (Å²) in [5.41, 5.74) is 0. The number of hydrogen-bond donors (Lipinski definition) is 2.